The van der Waals surface area contributed by atoms with Crippen LogP contribution < -0.4 is 5.32 Å². The van der Waals surface area contributed by atoms with E-state index in [9.17, 15) is 9.59 Å². The van der Waals surface area contributed by atoms with E-state index in [-0.39, 0.29) is 5.91 Å². The summed E-state index contributed by atoms with van der Waals surface area (Å²) in [6, 6.07) is -0.757. The number of hydrogen-bond acceptors (Lipinski definition) is 3. The van der Waals surface area contributed by atoms with Crippen LogP contribution in [0.2, 0.25) is 0 Å². The van der Waals surface area contributed by atoms with Gasteiger partial charge < -0.3 is 10.4 Å². The van der Waals surface area contributed by atoms with Crippen molar-refractivity contribution in [3.63, 3.8) is 0 Å². The van der Waals surface area contributed by atoms with E-state index in [0.717, 1.165) is 5.75 Å². The molecule has 0 aromatic carbocycles. The van der Waals surface area contributed by atoms with E-state index in [1.54, 1.807) is 0 Å². The third kappa shape index (κ3) is 5.01. The second-order valence-corrected chi connectivity index (χ2v) is 3.57. The van der Waals surface area contributed by atoms with Gasteiger partial charge in [-0.2, -0.15) is 11.8 Å². The van der Waals surface area contributed by atoms with Crippen LogP contribution in [0.4, 0.5) is 0 Å². The van der Waals surface area contributed by atoms with Gasteiger partial charge in [-0.3, -0.25) is 4.79 Å². The van der Waals surface area contributed by atoms with Gasteiger partial charge >= 0.3 is 5.97 Å². The number of thioether (sulfide) groups is 1. The highest BCUT2D eigenvalue weighted by Crippen LogP contribution is 2.01. The quantitative estimate of drug-likeness (QED) is 0.657. The Balaban J connectivity index is 3.87. The fraction of sp³-hybridized carbons (Fsp3) is 0.714. The van der Waals surface area contributed by atoms with Gasteiger partial charge in [-0.05, 0) is 5.75 Å². The molecular formula is C7H13NO3S. The lowest BCUT2D eigenvalue weighted by molar-refractivity contribution is -0.140. The molecule has 0 radical (unpaired) electrons. The molecule has 0 saturated carbocycles. The topological polar surface area (TPSA) is 66.4 Å². The number of amides is 1. The maximum atomic E-state index is 10.5. The minimum absolute atomic E-state index is 0.306. The first-order valence-corrected chi connectivity index (χ1v) is 4.81. The lowest BCUT2D eigenvalue weighted by atomic mass is 10.3. The summed E-state index contributed by atoms with van der Waals surface area (Å²) in [6.45, 7) is 3.25. The molecular weight excluding hydrogens is 178 g/mol. The smallest absolute Gasteiger partial charge is 0.327 e. The molecule has 4 nitrogen and oxygen atoms in total. The number of carboxylic acid groups (broad SMARTS) is 1. The maximum Gasteiger partial charge on any atom is 0.327 e. The Morgan fingerprint density at radius 2 is 2.17 bits per heavy atom. The van der Waals surface area contributed by atoms with Crippen LogP contribution in [0, 0.1) is 0 Å². The Morgan fingerprint density at radius 1 is 1.58 bits per heavy atom. The second kappa shape index (κ2) is 5.88. The van der Waals surface area contributed by atoms with Crippen LogP contribution in [0.1, 0.15) is 13.8 Å². The highest BCUT2D eigenvalue weighted by Gasteiger charge is 2.17. The summed E-state index contributed by atoms with van der Waals surface area (Å²) >= 11 is 1.49. The SMILES string of the molecule is CCSC[C@@H](NC(C)=O)C(=O)O. The van der Waals surface area contributed by atoms with Crippen LogP contribution in [-0.4, -0.2) is 34.5 Å². The van der Waals surface area contributed by atoms with Crippen molar-refractivity contribution < 1.29 is 14.7 Å². The Bertz CT molecular complexity index is 172. The number of nitrogens with one attached hydrogen (secondary N) is 1. The number of carbonyl (C=O) groups is 2. The van der Waals surface area contributed by atoms with Gasteiger partial charge in [-0.25, -0.2) is 4.79 Å². The van der Waals surface area contributed by atoms with Gasteiger partial charge in [0.05, 0.1) is 0 Å². The molecule has 0 spiro atoms. The minimum atomic E-state index is -0.980. The van der Waals surface area contributed by atoms with Gasteiger partial charge in [0, 0.05) is 12.7 Å². The van der Waals surface area contributed by atoms with Crippen LogP contribution in [0.15, 0.2) is 0 Å². The zero-order valence-corrected chi connectivity index (χ0v) is 7.98. The van der Waals surface area contributed by atoms with Crippen molar-refractivity contribution in [1.82, 2.24) is 5.32 Å². The molecule has 2 N–H and O–H groups in total. The van der Waals surface area contributed by atoms with E-state index in [0.29, 0.717) is 5.75 Å². The maximum absolute atomic E-state index is 10.5. The van der Waals surface area contributed by atoms with Crippen molar-refractivity contribution in [2.75, 3.05) is 11.5 Å². The predicted molar refractivity (Wildman–Crippen MR) is 48.2 cm³/mol. The van der Waals surface area contributed by atoms with Crippen LogP contribution >= 0.6 is 11.8 Å². The molecule has 0 bridgehead atoms. The minimum Gasteiger partial charge on any atom is -0.480 e. The first-order chi connectivity index (χ1) is 5.57. The van der Waals surface area contributed by atoms with Crippen molar-refractivity contribution in [1.29, 1.82) is 0 Å². The molecule has 12 heavy (non-hydrogen) atoms. The molecule has 1 atom stereocenters. The average molecular weight is 191 g/mol. The zero-order chi connectivity index (χ0) is 9.56. The van der Waals surface area contributed by atoms with E-state index in [1.807, 2.05) is 6.92 Å². The summed E-state index contributed by atoms with van der Waals surface area (Å²) in [5.41, 5.74) is 0. The molecule has 0 aliphatic carbocycles. The van der Waals surface area contributed by atoms with Gasteiger partial charge in [0.25, 0.3) is 0 Å². The fourth-order valence-electron chi connectivity index (χ4n) is 0.656. The molecule has 5 heteroatoms. The van der Waals surface area contributed by atoms with Crippen molar-refractivity contribution in [3.05, 3.63) is 0 Å². The van der Waals surface area contributed by atoms with Gasteiger partial charge in [0.2, 0.25) is 5.91 Å². The monoisotopic (exact) mass is 191 g/mol. The summed E-state index contributed by atoms with van der Waals surface area (Å²) in [6.07, 6.45) is 0. The lowest BCUT2D eigenvalue weighted by Crippen LogP contribution is -2.41. The third-order valence-corrected chi connectivity index (χ3v) is 2.14. The van der Waals surface area contributed by atoms with Gasteiger partial charge in [0.1, 0.15) is 6.04 Å². The Labute approximate surface area is 75.7 Å². The van der Waals surface area contributed by atoms with Crippen molar-refractivity contribution in [3.8, 4) is 0 Å². The van der Waals surface area contributed by atoms with E-state index in [4.69, 9.17) is 5.11 Å². The van der Waals surface area contributed by atoms with E-state index in [2.05, 4.69) is 5.32 Å². The number of rotatable bonds is 5. The van der Waals surface area contributed by atoms with Crippen molar-refractivity contribution >= 4 is 23.6 Å². The normalized spacial score (nSPS) is 12.2. The predicted octanol–water partition coefficient (Wildman–Crippen LogP) is 0.329. The highest BCUT2D eigenvalue weighted by atomic mass is 32.2. The number of aliphatic carboxylic acids is 1. The fourth-order valence-corrected chi connectivity index (χ4v) is 1.35. The van der Waals surface area contributed by atoms with E-state index >= 15 is 0 Å². The summed E-state index contributed by atoms with van der Waals surface area (Å²) in [5, 5.41) is 11.0. The Kier molecular flexibility index (Phi) is 5.53. The molecule has 0 saturated heterocycles. The average Bonchev–Trinajstić information content (AvgIpc) is 1.96. The second-order valence-electron chi connectivity index (χ2n) is 2.25. The summed E-state index contributed by atoms with van der Waals surface area (Å²) in [4.78, 5) is 21.1. The number of carboxylic acids is 1. The van der Waals surface area contributed by atoms with Gasteiger partial charge in [-0.15, -0.1) is 0 Å². The summed E-state index contributed by atoms with van der Waals surface area (Å²) in [7, 11) is 0. The number of hydrogen-bond donors (Lipinski definition) is 2. The highest BCUT2D eigenvalue weighted by molar-refractivity contribution is 7.99. The third-order valence-electron chi connectivity index (χ3n) is 1.16. The first kappa shape index (κ1) is 11.3. The van der Waals surface area contributed by atoms with E-state index in [1.165, 1.54) is 18.7 Å². The Hall–Kier alpha value is -0.710. The molecule has 1 amide bonds. The first-order valence-electron chi connectivity index (χ1n) is 3.65. The van der Waals surface area contributed by atoms with Crippen LogP contribution in [0.5, 0.6) is 0 Å². The molecule has 0 unspecified atom stereocenters. The number of carbonyl (C=O) groups excluding carboxylic acids is 1. The van der Waals surface area contributed by atoms with Crippen LogP contribution in [0.3, 0.4) is 0 Å². The molecule has 70 valence electrons. The lowest BCUT2D eigenvalue weighted by Gasteiger charge is -2.11. The van der Waals surface area contributed by atoms with Crippen molar-refractivity contribution in [2.45, 2.75) is 19.9 Å². The van der Waals surface area contributed by atoms with Gasteiger partial charge in [0.15, 0.2) is 0 Å². The molecule has 0 aliphatic heterocycles. The molecule has 0 aromatic heterocycles. The van der Waals surface area contributed by atoms with Crippen LogP contribution in [-0.2, 0) is 9.59 Å². The van der Waals surface area contributed by atoms with Gasteiger partial charge in [-0.1, -0.05) is 6.92 Å². The molecule has 0 fully saturated rings. The molecule has 0 heterocycles. The largest absolute Gasteiger partial charge is 0.480 e. The van der Waals surface area contributed by atoms with Crippen molar-refractivity contribution in [2.24, 2.45) is 0 Å². The Morgan fingerprint density at radius 3 is 2.50 bits per heavy atom. The summed E-state index contributed by atoms with van der Waals surface area (Å²) < 4.78 is 0. The van der Waals surface area contributed by atoms with Crippen LogP contribution in [0.25, 0.3) is 0 Å². The molecule has 0 aliphatic rings. The van der Waals surface area contributed by atoms with E-state index < -0.39 is 12.0 Å². The standard InChI is InChI=1S/C7H13NO3S/c1-3-12-4-6(7(10)11)8-5(2)9/h6H,3-4H2,1-2H3,(H,8,9)(H,10,11)/t6-/m1/s1. The molecule has 0 rings (SSSR count). The zero-order valence-electron chi connectivity index (χ0n) is 7.16. The molecule has 0 aromatic rings. The summed E-state index contributed by atoms with van der Waals surface area (Å²) in [5.74, 6) is -0.0142.